The van der Waals surface area contributed by atoms with Crippen LogP contribution in [0.15, 0.2) is 83.8 Å². The molecule has 0 heterocycles. The number of alkyl carbamates (subject to hydrolysis) is 1. The maximum atomic E-state index is 12.2. The van der Waals surface area contributed by atoms with Crippen molar-refractivity contribution in [2.45, 2.75) is 17.2 Å². The van der Waals surface area contributed by atoms with Gasteiger partial charge in [-0.15, -0.1) is 0 Å². The fourth-order valence-electron chi connectivity index (χ4n) is 4.19. The summed E-state index contributed by atoms with van der Waals surface area (Å²) in [6.45, 7) is 1.91. The molecule has 0 saturated heterocycles. The average Bonchev–Trinajstić information content (AvgIpc) is 3.24. The van der Waals surface area contributed by atoms with E-state index in [0.717, 1.165) is 0 Å². The van der Waals surface area contributed by atoms with E-state index in [2.05, 4.69) is 29.6 Å². The molecule has 0 radical (unpaired) electrons. The number of carbonyl (C=O) groups is 1. The number of hydrogen-bond donors (Lipinski definition) is 1. The topological polar surface area (TPSA) is 100 Å². The van der Waals surface area contributed by atoms with E-state index in [1.807, 2.05) is 24.3 Å². The van der Waals surface area contributed by atoms with Crippen molar-refractivity contribution in [1.29, 1.82) is 0 Å². The van der Waals surface area contributed by atoms with E-state index in [0.29, 0.717) is 32.8 Å². The Labute approximate surface area is 217 Å². The van der Waals surface area contributed by atoms with Crippen molar-refractivity contribution in [2.24, 2.45) is 0 Å². The molecule has 4 rings (SSSR count). The first-order valence-corrected chi connectivity index (χ1v) is 13.7. The molecular weight excluding hydrogens is 494 g/mol. The predicted octanol–water partition coefficient (Wildman–Crippen LogP) is 4.35. The lowest BCUT2D eigenvalue weighted by atomic mass is 9.98. The molecule has 1 aliphatic rings. The van der Waals surface area contributed by atoms with E-state index in [-0.39, 0.29) is 30.6 Å². The van der Waals surface area contributed by atoms with Gasteiger partial charge in [0.2, 0.25) is 0 Å². The zero-order valence-electron chi connectivity index (χ0n) is 20.5. The standard InChI is InChI=1S/C28H31NO7S/c30-28(35-21-27-25-13-6-4-11-23(25)24-12-5-7-14-26(24)27)29-15-8-16-33-17-18-34-19-20-36-37(31,32)22-9-2-1-3-10-22/h1-7,9-14,27H,8,15-21H2,(H,29,30). The minimum Gasteiger partial charge on any atom is -0.449 e. The zero-order valence-corrected chi connectivity index (χ0v) is 21.3. The van der Waals surface area contributed by atoms with Crippen molar-refractivity contribution in [3.8, 4) is 11.1 Å². The largest absolute Gasteiger partial charge is 0.449 e. The second-order valence-corrected chi connectivity index (χ2v) is 10.0. The van der Waals surface area contributed by atoms with Crippen molar-refractivity contribution in [3.05, 3.63) is 90.0 Å². The van der Waals surface area contributed by atoms with Gasteiger partial charge in [0.15, 0.2) is 0 Å². The normalized spacial score (nSPS) is 12.6. The van der Waals surface area contributed by atoms with Gasteiger partial charge in [-0.1, -0.05) is 66.7 Å². The van der Waals surface area contributed by atoms with Gasteiger partial charge >= 0.3 is 6.09 Å². The van der Waals surface area contributed by atoms with E-state index >= 15 is 0 Å². The summed E-state index contributed by atoms with van der Waals surface area (Å²) in [5, 5.41) is 2.76. The molecule has 8 nitrogen and oxygen atoms in total. The van der Waals surface area contributed by atoms with Crippen LogP contribution in [-0.2, 0) is 28.5 Å². The minimum atomic E-state index is -3.77. The quantitative estimate of drug-likeness (QED) is 0.247. The molecule has 0 aliphatic heterocycles. The molecule has 3 aromatic carbocycles. The Morgan fingerprint density at radius 3 is 1.97 bits per heavy atom. The summed E-state index contributed by atoms with van der Waals surface area (Å²) in [4.78, 5) is 12.3. The van der Waals surface area contributed by atoms with Gasteiger partial charge in [0.05, 0.1) is 31.3 Å². The highest BCUT2D eigenvalue weighted by atomic mass is 32.2. The van der Waals surface area contributed by atoms with Crippen LogP contribution < -0.4 is 5.32 Å². The minimum absolute atomic E-state index is 0.0327. The number of amides is 1. The molecule has 196 valence electrons. The summed E-state index contributed by atoms with van der Waals surface area (Å²) in [5.41, 5.74) is 4.74. The molecule has 3 aromatic rings. The Morgan fingerprint density at radius 2 is 1.30 bits per heavy atom. The fourth-order valence-corrected chi connectivity index (χ4v) is 5.11. The SMILES string of the molecule is O=C(NCCCOCCOCCOS(=O)(=O)c1ccccc1)OCC1c2ccccc2-c2ccccc21. The van der Waals surface area contributed by atoms with Crippen LogP contribution in [0.3, 0.4) is 0 Å². The molecule has 0 spiro atoms. The Morgan fingerprint density at radius 1 is 0.730 bits per heavy atom. The Hall–Kier alpha value is -3.24. The van der Waals surface area contributed by atoms with Crippen LogP contribution in [-0.4, -0.2) is 60.7 Å². The number of ether oxygens (including phenoxy) is 3. The molecule has 0 atom stereocenters. The second-order valence-electron chi connectivity index (χ2n) is 8.42. The van der Waals surface area contributed by atoms with Gasteiger partial charge in [-0.2, -0.15) is 8.42 Å². The number of hydrogen-bond acceptors (Lipinski definition) is 7. The van der Waals surface area contributed by atoms with Crippen LogP contribution in [0.4, 0.5) is 4.79 Å². The smallest absolute Gasteiger partial charge is 0.407 e. The molecular formula is C28H31NO7S. The van der Waals surface area contributed by atoms with E-state index < -0.39 is 16.2 Å². The summed E-state index contributed by atoms with van der Waals surface area (Å²) in [7, 11) is -3.77. The highest BCUT2D eigenvalue weighted by Crippen LogP contribution is 2.44. The number of nitrogens with one attached hydrogen (secondary N) is 1. The molecule has 37 heavy (non-hydrogen) atoms. The van der Waals surface area contributed by atoms with Gasteiger partial charge in [0.25, 0.3) is 10.1 Å². The molecule has 1 N–H and O–H groups in total. The summed E-state index contributed by atoms with van der Waals surface area (Å²) in [5.74, 6) is 0.0327. The number of benzene rings is 3. The van der Waals surface area contributed by atoms with E-state index in [9.17, 15) is 13.2 Å². The van der Waals surface area contributed by atoms with Crippen LogP contribution in [0.1, 0.15) is 23.5 Å². The lowest BCUT2D eigenvalue weighted by molar-refractivity contribution is 0.0364. The van der Waals surface area contributed by atoms with Crippen molar-refractivity contribution in [2.75, 3.05) is 46.2 Å². The fraction of sp³-hybridized carbons (Fsp3) is 0.321. The average molecular weight is 526 g/mol. The Balaban J connectivity index is 1.03. The lowest BCUT2D eigenvalue weighted by Gasteiger charge is -2.14. The van der Waals surface area contributed by atoms with Crippen molar-refractivity contribution in [3.63, 3.8) is 0 Å². The van der Waals surface area contributed by atoms with Gasteiger partial charge < -0.3 is 19.5 Å². The summed E-state index contributed by atoms with van der Waals surface area (Å²) >= 11 is 0. The van der Waals surface area contributed by atoms with Crippen molar-refractivity contribution in [1.82, 2.24) is 5.32 Å². The second kappa shape index (κ2) is 13.3. The Bertz CT molecular complexity index is 1220. The third kappa shape index (κ3) is 7.39. The van der Waals surface area contributed by atoms with Crippen LogP contribution in [0, 0.1) is 0 Å². The molecule has 0 bridgehead atoms. The van der Waals surface area contributed by atoms with Gasteiger partial charge in [-0.3, -0.25) is 4.18 Å². The first-order valence-electron chi connectivity index (χ1n) is 12.2. The molecule has 0 unspecified atom stereocenters. The van der Waals surface area contributed by atoms with Gasteiger partial charge in [-0.25, -0.2) is 4.79 Å². The van der Waals surface area contributed by atoms with E-state index in [1.165, 1.54) is 34.4 Å². The molecule has 0 saturated carbocycles. The summed E-state index contributed by atoms with van der Waals surface area (Å²) < 4.78 is 45.2. The highest BCUT2D eigenvalue weighted by molar-refractivity contribution is 7.86. The maximum Gasteiger partial charge on any atom is 0.407 e. The molecule has 9 heteroatoms. The lowest BCUT2D eigenvalue weighted by Crippen LogP contribution is -2.27. The highest BCUT2D eigenvalue weighted by Gasteiger charge is 2.28. The molecule has 0 aromatic heterocycles. The van der Waals surface area contributed by atoms with Crippen LogP contribution >= 0.6 is 0 Å². The third-order valence-corrected chi connectivity index (χ3v) is 7.27. The van der Waals surface area contributed by atoms with E-state index in [4.69, 9.17) is 18.4 Å². The third-order valence-electron chi connectivity index (χ3n) is 5.95. The number of rotatable bonds is 14. The number of carbonyl (C=O) groups excluding carboxylic acids is 1. The van der Waals surface area contributed by atoms with Crippen molar-refractivity contribution < 1.29 is 31.6 Å². The van der Waals surface area contributed by atoms with Crippen LogP contribution in [0.5, 0.6) is 0 Å². The van der Waals surface area contributed by atoms with Gasteiger partial charge in [-0.05, 0) is 40.8 Å². The molecule has 1 aliphatic carbocycles. The van der Waals surface area contributed by atoms with E-state index in [1.54, 1.807) is 18.2 Å². The van der Waals surface area contributed by atoms with Crippen LogP contribution in [0.2, 0.25) is 0 Å². The van der Waals surface area contributed by atoms with Gasteiger partial charge in [0, 0.05) is 19.1 Å². The molecule has 1 amide bonds. The van der Waals surface area contributed by atoms with Crippen LogP contribution in [0.25, 0.3) is 11.1 Å². The molecule has 0 fully saturated rings. The maximum absolute atomic E-state index is 12.2. The summed E-state index contributed by atoms with van der Waals surface area (Å²) in [6.07, 6.45) is 0.179. The first kappa shape index (κ1) is 26.8. The number of fused-ring (bicyclic) bond motifs is 3. The Kier molecular flexibility index (Phi) is 9.67. The summed E-state index contributed by atoms with van der Waals surface area (Å²) in [6, 6.07) is 24.4. The first-order chi connectivity index (χ1) is 18.1. The zero-order chi connectivity index (χ0) is 25.9. The van der Waals surface area contributed by atoms with Crippen molar-refractivity contribution >= 4 is 16.2 Å². The van der Waals surface area contributed by atoms with Gasteiger partial charge in [0.1, 0.15) is 6.61 Å². The predicted molar refractivity (Wildman–Crippen MR) is 139 cm³/mol. The monoisotopic (exact) mass is 525 g/mol.